The number of nitrogens with one attached hydrogen (secondary N) is 2. The average Bonchev–Trinajstić information content (AvgIpc) is 3.26. The van der Waals surface area contributed by atoms with Crippen molar-refractivity contribution in [2.75, 3.05) is 10.6 Å². The minimum Gasteiger partial charge on any atom is -0.325 e. The molecule has 1 aromatic heterocycles. The van der Waals surface area contributed by atoms with Gasteiger partial charge in [0, 0.05) is 28.1 Å². The van der Waals surface area contributed by atoms with Crippen LogP contribution in [0.2, 0.25) is 0 Å². The predicted molar refractivity (Wildman–Crippen MR) is 225 cm³/mol. The Labute approximate surface area is 326 Å². The number of carbonyl (C=O) groups excluding carboxylic acids is 2. The summed E-state index contributed by atoms with van der Waals surface area (Å²) in [5.74, 6) is -0.537. The minimum atomic E-state index is -0.455. The summed E-state index contributed by atoms with van der Waals surface area (Å²) in [7, 11) is 0. The zero-order chi connectivity index (χ0) is 38.1. The Morgan fingerprint density at radius 1 is 0.357 bits per heavy atom. The van der Waals surface area contributed by atoms with Gasteiger partial charge >= 0.3 is 0 Å². The second-order valence-electron chi connectivity index (χ2n) is 13.5. The molecular formula is C50H38N4O2. The van der Waals surface area contributed by atoms with Crippen molar-refractivity contribution in [3.05, 3.63) is 229 Å². The van der Waals surface area contributed by atoms with Crippen LogP contribution < -0.4 is 10.6 Å². The van der Waals surface area contributed by atoms with E-state index in [9.17, 15) is 9.59 Å². The maximum atomic E-state index is 13.8. The lowest BCUT2D eigenvalue weighted by Crippen LogP contribution is -2.22. The molecule has 0 unspecified atom stereocenters. The van der Waals surface area contributed by atoms with Crippen LogP contribution in [0.4, 0.5) is 11.4 Å². The Hall–Kier alpha value is -7.44. The summed E-state index contributed by atoms with van der Waals surface area (Å²) in [6.45, 7) is 0. The highest BCUT2D eigenvalue weighted by atomic mass is 16.2. The average molecular weight is 727 g/mol. The molecule has 1 heterocycles. The zero-order valence-corrected chi connectivity index (χ0v) is 30.5. The van der Waals surface area contributed by atoms with Crippen molar-refractivity contribution in [2.45, 2.75) is 11.8 Å². The van der Waals surface area contributed by atoms with E-state index in [0.29, 0.717) is 17.2 Å². The number of rotatable bonds is 11. The van der Waals surface area contributed by atoms with E-state index in [1.54, 1.807) is 0 Å². The predicted octanol–water partition coefficient (Wildman–Crippen LogP) is 11.0. The van der Waals surface area contributed by atoms with Gasteiger partial charge in [0.1, 0.15) is 0 Å². The normalized spacial score (nSPS) is 11.0. The van der Waals surface area contributed by atoms with Crippen molar-refractivity contribution in [2.24, 2.45) is 0 Å². The quantitative estimate of drug-likeness (QED) is 0.139. The molecular weight excluding hydrogens is 689 g/mol. The molecule has 8 rings (SSSR count). The molecule has 0 saturated heterocycles. The fourth-order valence-electron chi connectivity index (χ4n) is 6.91. The van der Waals surface area contributed by atoms with Crippen LogP contribution in [0, 0.1) is 0 Å². The van der Waals surface area contributed by atoms with Gasteiger partial charge in [-0.05, 0) is 52.6 Å². The van der Waals surface area contributed by atoms with E-state index in [1.165, 1.54) is 0 Å². The molecule has 0 fully saturated rings. The van der Waals surface area contributed by atoms with Crippen LogP contribution in [0.3, 0.4) is 0 Å². The molecule has 56 heavy (non-hydrogen) atoms. The SMILES string of the molecule is O=C(Nc1ccc(-c2cc(-c3ccc(NC(=O)C(c4ccccc4)c4ccccc4)cc3)nc(-c3ccccc3)n2)cc1)C(c1ccccc1)c1ccccc1. The first kappa shape index (κ1) is 35.6. The van der Waals surface area contributed by atoms with Crippen molar-refractivity contribution in [1.82, 2.24) is 9.97 Å². The van der Waals surface area contributed by atoms with E-state index >= 15 is 0 Å². The van der Waals surface area contributed by atoms with Gasteiger partial charge in [-0.25, -0.2) is 9.97 Å². The molecule has 0 aliphatic rings. The molecule has 0 spiro atoms. The lowest BCUT2D eigenvalue weighted by Gasteiger charge is -2.18. The standard InChI is InChI=1S/C50H38N4O2/c55-49(46(37-16-6-1-7-17-37)38-18-8-2-9-19-38)51-42-30-26-35(27-31-42)44-34-45(54-48(53-44)41-24-14-5-15-25-41)36-28-32-43(33-29-36)52-50(56)47(39-20-10-3-11-21-39)40-22-12-4-13-23-40/h1-34,46-47H,(H,51,55)(H,52,56). The van der Waals surface area contributed by atoms with Gasteiger partial charge in [-0.15, -0.1) is 0 Å². The Morgan fingerprint density at radius 2 is 0.661 bits per heavy atom. The highest BCUT2D eigenvalue weighted by molar-refractivity contribution is 5.99. The largest absolute Gasteiger partial charge is 0.325 e. The van der Waals surface area contributed by atoms with Gasteiger partial charge in [-0.2, -0.15) is 0 Å². The molecule has 0 aliphatic heterocycles. The molecule has 6 nitrogen and oxygen atoms in total. The molecule has 0 atom stereocenters. The van der Waals surface area contributed by atoms with Crippen LogP contribution >= 0.6 is 0 Å². The third kappa shape index (κ3) is 8.20. The van der Waals surface area contributed by atoms with Crippen molar-refractivity contribution in [3.8, 4) is 33.9 Å². The third-order valence-electron chi connectivity index (χ3n) is 9.71. The van der Waals surface area contributed by atoms with Crippen molar-refractivity contribution in [3.63, 3.8) is 0 Å². The van der Waals surface area contributed by atoms with Crippen LogP contribution in [-0.4, -0.2) is 21.8 Å². The van der Waals surface area contributed by atoms with Gasteiger partial charge in [0.25, 0.3) is 0 Å². The summed E-state index contributed by atoms with van der Waals surface area (Å²) in [4.78, 5) is 37.5. The van der Waals surface area contributed by atoms with E-state index < -0.39 is 11.8 Å². The summed E-state index contributed by atoms with van der Waals surface area (Å²) < 4.78 is 0. The van der Waals surface area contributed by atoms with Gasteiger partial charge in [0.15, 0.2) is 5.82 Å². The molecule has 0 saturated carbocycles. The Balaban J connectivity index is 1.05. The van der Waals surface area contributed by atoms with Crippen molar-refractivity contribution < 1.29 is 9.59 Å². The molecule has 270 valence electrons. The van der Waals surface area contributed by atoms with Crippen LogP contribution in [0.1, 0.15) is 34.1 Å². The third-order valence-corrected chi connectivity index (χ3v) is 9.71. The second kappa shape index (κ2) is 16.7. The topological polar surface area (TPSA) is 84.0 Å². The molecule has 6 heteroatoms. The highest BCUT2D eigenvalue weighted by Gasteiger charge is 2.24. The molecule has 0 radical (unpaired) electrons. The molecule has 7 aromatic carbocycles. The van der Waals surface area contributed by atoms with Gasteiger partial charge in [-0.3, -0.25) is 9.59 Å². The molecule has 8 aromatic rings. The van der Waals surface area contributed by atoms with E-state index in [-0.39, 0.29) is 11.8 Å². The van der Waals surface area contributed by atoms with Crippen molar-refractivity contribution >= 4 is 23.2 Å². The summed E-state index contributed by atoms with van der Waals surface area (Å²) >= 11 is 0. The first-order valence-corrected chi connectivity index (χ1v) is 18.6. The molecule has 0 aliphatic carbocycles. The first-order valence-electron chi connectivity index (χ1n) is 18.6. The first-order chi connectivity index (χ1) is 27.6. The fraction of sp³-hybridized carbons (Fsp3) is 0.0400. The van der Waals surface area contributed by atoms with Crippen LogP contribution in [-0.2, 0) is 9.59 Å². The van der Waals surface area contributed by atoms with Gasteiger partial charge < -0.3 is 10.6 Å². The second-order valence-corrected chi connectivity index (χ2v) is 13.5. The van der Waals surface area contributed by atoms with E-state index in [4.69, 9.17) is 9.97 Å². The van der Waals surface area contributed by atoms with Gasteiger partial charge in [-0.1, -0.05) is 176 Å². The van der Waals surface area contributed by atoms with Crippen LogP contribution in [0.25, 0.3) is 33.9 Å². The summed E-state index contributed by atoms with van der Waals surface area (Å²) in [5.41, 5.74) is 9.20. The Kier molecular flexibility index (Phi) is 10.6. The highest BCUT2D eigenvalue weighted by Crippen LogP contribution is 2.31. The smallest absolute Gasteiger partial charge is 0.236 e. The zero-order valence-electron chi connectivity index (χ0n) is 30.5. The number of nitrogens with zero attached hydrogens (tertiary/aromatic N) is 2. The molecule has 2 N–H and O–H groups in total. The maximum absolute atomic E-state index is 13.8. The monoisotopic (exact) mass is 726 g/mol. The van der Waals surface area contributed by atoms with Gasteiger partial charge in [0.05, 0.1) is 23.2 Å². The van der Waals surface area contributed by atoms with Crippen LogP contribution in [0.15, 0.2) is 206 Å². The number of aromatic nitrogens is 2. The van der Waals surface area contributed by atoms with Gasteiger partial charge in [0.2, 0.25) is 11.8 Å². The Morgan fingerprint density at radius 3 is 0.982 bits per heavy atom. The number of benzene rings is 7. The maximum Gasteiger partial charge on any atom is 0.236 e. The number of amides is 2. The lowest BCUT2D eigenvalue weighted by atomic mass is 9.90. The fourth-order valence-corrected chi connectivity index (χ4v) is 6.91. The number of carbonyl (C=O) groups is 2. The summed E-state index contributed by atoms with van der Waals surface area (Å²) in [6.07, 6.45) is 0. The minimum absolute atomic E-state index is 0.110. The van der Waals surface area contributed by atoms with Crippen LogP contribution in [0.5, 0.6) is 0 Å². The lowest BCUT2D eigenvalue weighted by molar-refractivity contribution is -0.117. The van der Waals surface area contributed by atoms with Crippen molar-refractivity contribution in [1.29, 1.82) is 0 Å². The Bertz CT molecular complexity index is 2290. The van der Waals surface area contributed by atoms with E-state index in [1.807, 2.05) is 206 Å². The molecule has 2 amide bonds. The van der Waals surface area contributed by atoms with E-state index in [0.717, 1.165) is 50.3 Å². The number of hydrogen-bond acceptors (Lipinski definition) is 4. The van der Waals surface area contributed by atoms with E-state index in [2.05, 4.69) is 10.6 Å². The number of hydrogen-bond donors (Lipinski definition) is 2. The summed E-state index contributed by atoms with van der Waals surface area (Å²) in [5, 5.41) is 6.27. The number of anilines is 2. The molecule has 0 bridgehead atoms. The summed E-state index contributed by atoms with van der Waals surface area (Å²) in [6, 6.07) is 66.6.